The van der Waals surface area contributed by atoms with E-state index in [1.165, 1.54) is 5.56 Å². The Morgan fingerprint density at radius 3 is 2.70 bits per heavy atom. The first-order chi connectivity index (χ1) is 14.7. The fourth-order valence-electron chi connectivity index (χ4n) is 3.70. The Bertz CT molecular complexity index is 1030. The van der Waals surface area contributed by atoms with Gasteiger partial charge in [0.15, 0.2) is 11.3 Å². The van der Waals surface area contributed by atoms with E-state index in [4.69, 9.17) is 9.47 Å². The SMILES string of the molecule is COc1ccc(CN(CCN2CCOCC2)c2cc(C)nn3c(C#N)cnc23)cc1. The van der Waals surface area contributed by atoms with E-state index in [9.17, 15) is 5.26 Å². The molecule has 1 fully saturated rings. The molecule has 4 rings (SSSR count). The van der Waals surface area contributed by atoms with E-state index in [0.29, 0.717) is 11.3 Å². The summed E-state index contributed by atoms with van der Waals surface area (Å²) in [6.45, 7) is 7.89. The number of imidazole rings is 1. The zero-order valence-corrected chi connectivity index (χ0v) is 17.4. The molecule has 1 saturated heterocycles. The number of hydrogen-bond acceptors (Lipinski definition) is 7. The van der Waals surface area contributed by atoms with Crippen LogP contribution in [0.25, 0.3) is 5.65 Å². The Labute approximate surface area is 176 Å². The second-order valence-electron chi connectivity index (χ2n) is 7.39. The van der Waals surface area contributed by atoms with Gasteiger partial charge in [-0.3, -0.25) is 4.90 Å². The van der Waals surface area contributed by atoms with E-state index in [-0.39, 0.29) is 0 Å². The monoisotopic (exact) mass is 406 g/mol. The predicted molar refractivity (Wildman–Crippen MR) is 114 cm³/mol. The fraction of sp³-hybridized carbons (Fsp3) is 0.409. The van der Waals surface area contributed by atoms with E-state index in [1.54, 1.807) is 17.8 Å². The number of fused-ring (bicyclic) bond motifs is 1. The van der Waals surface area contributed by atoms with Crippen LogP contribution in [0.5, 0.6) is 5.75 Å². The van der Waals surface area contributed by atoms with Crippen molar-refractivity contribution in [3.05, 3.63) is 53.5 Å². The largest absolute Gasteiger partial charge is 0.497 e. The van der Waals surface area contributed by atoms with Crippen LogP contribution >= 0.6 is 0 Å². The summed E-state index contributed by atoms with van der Waals surface area (Å²) in [7, 11) is 1.67. The normalized spacial score (nSPS) is 14.6. The average Bonchev–Trinajstić information content (AvgIpc) is 3.20. The molecular weight excluding hydrogens is 380 g/mol. The highest BCUT2D eigenvalue weighted by atomic mass is 16.5. The lowest BCUT2D eigenvalue weighted by molar-refractivity contribution is 0.0391. The van der Waals surface area contributed by atoms with Gasteiger partial charge in [-0.15, -0.1) is 0 Å². The minimum absolute atomic E-state index is 0.438. The highest BCUT2D eigenvalue weighted by Gasteiger charge is 2.18. The van der Waals surface area contributed by atoms with Crippen LogP contribution in [0.1, 0.15) is 17.0 Å². The van der Waals surface area contributed by atoms with E-state index in [0.717, 1.165) is 63.1 Å². The standard InChI is InChI=1S/C22H26N6O2/c1-17-13-21(22-24-15-19(14-23)28(22)25-17)27(8-7-26-9-11-30-12-10-26)16-18-3-5-20(29-2)6-4-18/h3-6,13,15H,7-12,16H2,1-2H3. The summed E-state index contributed by atoms with van der Waals surface area (Å²) >= 11 is 0. The predicted octanol–water partition coefficient (Wildman–Crippen LogP) is 2.26. The third kappa shape index (κ3) is 4.37. The van der Waals surface area contributed by atoms with Gasteiger partial charge in [0, 0.05) is 32.7 Å². The van der Waals surface area contributed by atoms with Gasteiger partial charge in [0.05, 0.1) is 37.9 Å². The van der Waals surface area contributed by atoms with Crippen molar-refractivity contribution >= 4 is 11.3 Å². The maximum Gasteiger partial charge on any atom is 0.178 e. The maximum atomic E-state index is 9.41. The van der Waals surface area contributed by atoms with Crippen LogP contribution < -0.4 is 9.64 Å². The van der Waals surface area contributed by atoms with Crippen molar-refractivity contribution in [1.29, 1.82) is 5.26 Å². The van der Waals surface area contributed by atoms with Gasteiger partial charge in [0.25, 0.3) is 0 Å². The molecule has 0 aliphatic carbocycles. The fourth-order valence-corrected chi connectivity index (χ4v) is 3.70. The number of rotatable bonds is 7. The van der Waals surface area contributed by atoms with Crippen molar-refractivity contribution in [3.8, 4) is 11.8 Å². The zero-order chi connectivity index (χ0) is 20.9. The lowest BCUT2D eigenvalue weighted by atomic mass is 10.2. The summed E-state index contributed by atoms with van der Waals surface area (Å²) in [5.41, 5.74) is 4.14. The lowest BCUT2D eigenvalue weighted by Crippen LogP contribution is -2.41. The number of benzene rings is 1. The van der Waals surface area contributed by atoms with Crippen molar-refractivity contribution < 1.29 is 9.47 Å². The Balaban J connectivity index is 1.66. The van der Waals surface area contributed by atoms with Gasteiger partial charge < -0.3 is 14.4 Å². The number of hydrogen-bond donors (Lipinski definition) is 0. The molecule has 3 aromatic rings. The molecule has 0 atom stereocenters. The van der Waals surface area contributed by atoms with Gasteiger partial charge in [-0.2, -0.15) is 10.4 Å². The summed E-state index contributed by atoms with van der Waals surface area (Å²) in [5, 5.41) is 13.9. The third-order valence-electron chi connectivity index (χ3n) is 5.35. The van der Waals surface area contributed by atoms with Crippen molar-refractivity contribution in [2.45, 2.75) is 13.5 Å². The Hall–Kier alpha value is -3.15. The van der Waals surface area contributed by atoms with E-state index in [1.807, 2.05) is 25.1 Å². The molecule has 0 N–H and O–H groups in total. The molecule has 1 aliphatic rings. The first-order valence-corrected chi connectivity index (χ1v) is 10.1. The van der Waals surface area contributed by atoms with Crippen LogP contribution in [0.2, 0.25) is 0 Å². The molecule has 2 aromatic heterocycles. The molecule has 30 heavy (non-hydrogen) atoms. The first-order valence-electron chi connectivity index (χ1n) is 10.1. The van der Waals surface area contributed by atoms with Crippen molar-refractivity contribution in [1.82, 2.24) is 19.5 Å². The number of anilines is 1. The van der Waals surface area contributed by atoms with Gasteiger partial charge in [0.2, 0.25) is 0 Å². The quantitative estimate of drug-likeness (QED) is 0.595. The summed E-state index contributed by atoms with van der Waals surface area (Å²) in [4.78, 5) is 9.23. The van der Waals surface area contributed by atoms with Crippen LogP contribution in [0, 0.1) is 18.3 Å². The molecule has 0 spiro atoms. The lowest BCUT2D eigenvalue weighted by Gasteiger charge is -2.31. The molecule has 3 heterocycles. The number of nitriles is 1. The van der Waals surface area contributed by atoms with Gasteiger partial charge in [0.1, 0.15) is 11.8 Å². The summed E-state index contributed by atoms with van der Waals surface area (Å²) in [6, 6.07) is 12.3. The molecule has 8 heteroatoms. The molecule has 0 saturated carbocycles. The van der Waals surface area contributed by atoms with Crippen molar-refractivity contribution in [2.24, 2.45) is 0 Å². The number of aromatic nitrogens is 3. The van der Waals surface area contributed by atoms with Gasteiger partial charge >= 0.3 is 0 Å². The minimum atomic E-state index is 0.438. The molecule has 0 bridgehead atoms. The molecule has 0 unspecified atom stereocenters. The van der Waals surface area contributed by atoms with Crippen molar-refractivity contribution in [2.75, 3.05) is 51.4 Å². The molecular formula is C22H26N6O2. The van der Waals surface area contributed by atoms with Gasteiger partial charge in [-0.25, -0.2) is 9.50 Å². The summed E-state index contributed by atoms with van der Waals surface area (Å²) in [5.74, 6) is 0.840. The molecule has 1 aliphatic heterocycles. The van der Waals surface area contributed by atoms with Crippen LogP contribution in [0.15, 0.2) is 36.5 Å². The van der Waals surface area contributed by atoms with Crippen LogP contribution in [0.3, 0.4) is 0 Å². The van der Waals surface area contributed by atoms with E-state index < -0.39 is 0 Å². The van der Waals surface area contributed by atoms with Crippen LogP contribution in [-0.2, 0) is 11.3 Å². The molecule has 1 aromatic carbocycles. The summed E-state index contributed by atoms with van der Waals surface area (Å²) < 4.78 is 12.4. The second-order valence-corrected chi connectivity index (χ2v) is 7.39. The number of ether oxygens (including phenoxy) is 2. The van der Waals surface area contributed by atoms with E-state index >= 15 is 0 Å². The number of nitrogens with zero attached hydrogens (tertiary/aromatic N) is 6. The van der Waals surface area contributed by atoms with Crippen LogP contribution in [-0.4, -0.2) is 66.0 Å². The maximum absolute atomic E-state index is 9.41. The van der Waals surface area contributed by atoms with Gasteiger partial charge in [-0.1, -0.05) is 12.1 Å². The molecule has 0 radical (unpaired) electrons. The average molecular weight is 406 g/mol. The highest BCUT2D eigenvalue weighted by molar-refractivity contribution is 5.70. The first kappa shape index (κ1) is 20.1. The Morgan fingerprint density at radius 2 is 2.00 bits per heavy atom. The van der Waals surface area contributed by atoms with Gasteiger partial charge in [-0.05, 0) is 30.7 Å². The smallest absolute Gasteiger partial charge is 0.178 e. The minimum Gasteiger partial charge on any atom is -0.497 e. The Kier molecular flexibility index (Phi) is 6.12. The number of aryl methyl sites for hydroxylation is 1. The zero-order valence-electron chi connectivity index (χ0n) is 17.4. The number of morpholine rings is 1. The topological polar surface area (TPSA) is 78.9 Å². The molecule has 0 amide bonds. The highest BCUT2D eigenvalue weighted by Crippen LogP contribution is 2.25. The third-order valence-corrected chi connectivity index (χ3v) is 5.35. The van der Waals surface area contributed by atoms with Crippen LogP contribution in [0.4, 0.5) is 5.69 Å². The summed E-state index contributed by atoms with van der Waals surface area (Å²) in [6.07, 6.45) is 1.58. The number of methoxy groups -OCH3 is 1. The second kappa shape index (κ2) is 9.11. The molecule has 156 valence electrons. The van der Waals surface area contributed by atoms with Crippen molar-refractivity contribution in [3.63, 3.8) is 0 Å². The van der Waals surface area contributed by atoms with E-state index in [2.05, 4.69) is 38.1 Å². The Morgan fingerprint density at radius 1 is 1.23 bits per heavy atom. The molecule has 8 nitrogen and oxygen atoms in total.